The van der Waals surface area contributed by atoms with Crippen molar-refractivity contribution in [3.05, 3.63) is 23.8 Å². The Labute approximate surface area is 100 Å². The first-order chi connectivity index (χ1) is 8.02. The largest absolute Gasteiger partial charge is 0.491 e. The van der Waals surface area contributed by atoms with E-state index in [2.05, 4.69) is 0 Å². The van der Waals surface area contributed by atoms with Crippen LogP contribution in [0.3, 0.4) is 0 Å². The lowest BCUT2D eigenvalue weighted by Crippen LogP contribution is -2.35. The molecule has 0 radical (unpaired) electrons. The van der Waals surface area contributed by atoms with Crippen molar-refractivity contribution in [2.24, 2.45) is 0 Å². The van der Waals surface area contributed by atoms with E-state index in [1.165, 1.54) is 0 Å². The molecule has 1 heterocycles. The number of carbonyl (C=O) groups is 1. The van der Waals surface area contributed by atoms with Crippen molar-refractivity contribution in [2.75, 3.05) is 13.2 Å². The lowest BCUT2D eigenvalue weighted by Gasteiger charge is -2.31. The number of ketones is 1. The third-order valence-electron chi connectivity index (χ3n) is 2.59. The number of carbonyl (C=O) groups excluding carboxylic acids is 1. The Morgan fingerprint density at radius 2 is 2.24 bits per heavy atom. The van der Waals surface area contributed by atoms with Gasteiger partial charge in [-0.1, -0.05) is 0 Å². The topological polar surface area (TPSA) is 55.8 Å². The molecule has 92 valence electrons. The number of rotatable bonds is 3. The SMILES string of the molecule is CC1(C)CC(=O)c2ccc(OCCO)cc2O1. The summed E-state index contributed by atoms with van der Waals surface area (Å²) in [6.45, 7) is 3.96. The van der Waals surface area contributed by atoms with Crippen LogP contribution >= 0.6 is 0 Å². The van der Waals surface area contributed by atoms with Crippen LogP contribution in [-0.2, 0) is 0 Å². The fourth-order valence-corrected chi connectivity index (χ4v) is 1.89. The van der Waals surface area contributed by atoms with E-state index in [1.54, 1.807) is 18.2 Å². The quantitative estimate of drug-likeness (QED) is 0.869. The number of ether oxygens (including phenoxy) is 2. The van der Waals surface area contributed by atoms with Gasteiger partial charge in [0.15, 0.2) is 5.78 Å². The van der Waals surface area contributed by atoms with E-state index >= 15 is 0 Å². The third-order valence-corrected chi connectivity index (χ3v) is 2.59. The van der Waals surface area contributed by atoms with Gasteiger partial charge in [-0.2, -0.15) is 0 Å². The molecule has 4 heteroatoms. The second kappa shape index (κ2) is 4.37. The molecule has 0 saturated carbocycles. The summed E-state index contributed by atoms with van der Waals surface area (Å²) in [5.41, 5.74) is 0.125. The predicted octanol–water partition coefficient (Wildman–Crippen LogP) is 1.80. The maximum Gasteiger partial charge on any atom is 0.170 e. The number of aliphatic hydroxyl groups is 1. The highest BCUT2D eigenvalue weighted by Gasteiger charge is 2.32. The predicted molar refractivity (Wildman–Crippen MR) is 62.7 cm³/mol. The molecule has 0 spiro atoms. The Morgan fingerprint density at radius 3 is 2.94 bits per heavy atom. The van der Waals surface area contributed by atoms with Gasteiger partial charge < -0.3 is 14.6 Å². The molecule has 0 amide bonds. The summed E-state index contributed by atoms with van der Waals surface area (Å²) in [5.74, 6) is 1.25. The fourth-order valence-electron chi connectivity index (χ4n) is 1.89. The summed E-state index contributed by atoms with van der Waals surface area (Å²) in [4.78, 5) is 11.9. The minimum Gasteiger partial charge on any atom is -0.491 e. The smallest absolute Gasteiger partial charge is 0.170 e. The van der Waals surface area contributed by atoms with Crippen LogP contribution in [0.2, 0.25) is 0 Å². The lowest BCUT2D eigenvalue weighted by atomic mass is 9.93. The van der Waals surface area contributed by atoms with Crippen molar-refractivity contribution in [2.45, 2.75) is 25.9 Å². The van der Waals surface area contributed by atoms with Crippen LogP contribution in [0.5, 0.6) is 11.5 Å². The molecule has 0 fully saturated rings. The van der Waals surface area contributed by atoms with Gasteiger partial charge in [0.25, 0.3) is 0 Å². The summed E-state index contributed by atoms with van der Waals surface area (Å²) >= 11 is 0. The van der Waals surface area contributed by atoms with Gasteiger partial charge >= 0.3 is 0 Å². The van der Waals surface area contributed by atoms with Gasteiger partial charge in [-0.25, -0.2) is 0 Å². The van der Waals surface area contributed by atoms with Gasteiger partial charge in [0.2, 0.25) is 0 Å². The normalized spacial score (nSPS) is 17.2. The summed E-state index contributed by atoms with van der Waals surface area (Å²) in [7, 11) is 0. The Morgan fingerprint density at radius 1 is 1.47 bits per heavy atom. The highest BCUT2D eigenvalue weighted by Crippen LogP contribution is 2.35. The molecule has 1 aromatic rings. The molecule has 1 aromatic carbocycles. The Kier molecular flexibility index (Phi) is 3.07. The molecule has 2 rings (SSSR count). The average molecular weight is 236 g/mol. The fraction of sp³-hybridized carbons (Fsp3) is 0.462. The second-order valence-electron chi connectivity index (χ2n) is 4.69. The number of fused-ring (bicyclic) bond motifs is 1. The number of benzene rings is 1. The zero-order valence-electron chi connectivity index (χ0n) is 10.0. The maximum absolute atomic E-state index is 11.9. The van der Waals surface area contributed by atoms with E-state index < -0.39 is 5.60 Å². The van der Waals surface area contributed by atoms with Crippen LogP contribution in [-0.4, -0.2) is 29.7 Å². The summed E-state index contributed by atoms with van der Waals surface area (Å²) in [6, 6.07) is 5.12. The first-order valence-electron chi connectivity index (χ1n) is 5.62. The van der Waals surface area contributed by atoms with Crippen LogP contribution in [0.1, 0.15) is 30.6 Å². The molecule has 1 N–H and O–H groups in total. The zero-order valence-corrected chi connectivity index (χ0v) is 10.0. The Balaban J connectivity index is 2.28. The highest BCUT2D eigenvalue weighted by atomic mass is 16.5. The molecule has 0 aromatic heterocycles. The number of aliphatic hydroxyl groups excluding tert-OH is 1. The van der Waals surface area contributed by atoms with Crippen molar-refractivity contribution < 1.29 is 19.4 Å². The van der Waals surface area contributed by atoms with Gasteiger partial charge in [-0.3, -0.25) is 4.79 Å². The molecular formula is C13H16O4. The third kappa shape index (κ3) is 2.58. The van der Waals surface area contributed by atoms with Crippen molar-refractivity contribution >= 4 is 5.78 Å². The standard InChI is InChI=1S/C13H16O4/c1-13(2)8-11(15)10-4-3-9(16-6-5-14)7-12(10)17-13/h3-4,7,14H,5-6,8H2,1-2H3. The molecule has 17 heavy (non-hydrogen) atoms. The average Bonchev–Trinajstić information content (AvgIpc) is 2.24. The van der Waals surface area contributed by atoms with Crippen LogP contribution in [0.15, 0.2) is 18.2 Å². The minimum absolute atomic E-state index is 0.0393. The first kappa shape index (κ1) is 11.9. The monoisotopic (exact) mass is 236 g/mol. The summed E-state index contributed by atoms with van der Waals surface area (Å²) in [5, 5.41) is 8.68. The minimum atomic E-state index is -0.473. The number of Topliss-reactive ketones (excluding diaryl/α,β-unsaturated/α-hetero) is 1. The van der Waals surface area contributed by atoms with Crippen LogP contribution in [0.4, 0.5) is 0 Å². The Bertz CT molecular complexity index is 437. The van der Waals surface area contributed by atoms with Crippen LogP contribution < -0.4 is 9.47 Å². The van der Waals surface area contributed by atoms with E-state index in [0.717, 1.165) is 0 Å². The summed E-state index contributed by atoms with van der Waals surface area (Å²) in [6.07, 6.45) is 0.386. The Hall–Kier alpha value is -1.55. The van der Waals surface area contributed by atoms with E-state index in [4.69, 9.17) is 14.6 Å². The molecule has 1 aliphatic heterocycles. The van der Waals surface area contributed by atoms with Crippen molar-refractivity contribution in [1.82, 2.24) is 0 Å². The molecule has 0 bridgehead atoms. The molecule has 0 atom stereocenters. The van der Waals surface area contributed by atoms with E-state index in [0.29, 0.717) is 23.5 Å². The molecular weight excluding hydrogens is 220 g/mol. The molecule has 0 unspecified atom stereocenters. The van der Waals surface area contributed by atoms with Gasteiger partial charge in [0.05, 0.1) is 18.6 Å². The molecule has 1 aliphatic rings. The van der Waals surface area contributed by atoms with E-state index in [9.17, 15) is 4.79 Å². The summed E-state index contributed by atoms with van der Waals surface area (Å²) < 4.78 is 11.0. The van der Waals surface area contributed by atoms with Gasteiger partial charge in [0.1, 0.15) is 23.7 Å². The van der Waals surface area contributed by atoms with Crippen molar-refractivity contribution in [3.63, 3.8) is 0 Å². The maximum atomic E-state index is 11.9. The van der Waals surface area contributed by atoms with Gasteiger partial charge in [-0.15, -0.1) is 0 Å². The second-order valence-corrected chi connectivity index (χ2v) is 4.69. The van der Waals surface area contributed by atoms with Crippen LogP contribution in [0, 0.1) is 0 Å². The van der Waals surface area contributed by atoms with Crippen molar-refractivity contribution in [3.8, 4) is 11.5 Å². The highest BCUT2D eigenvalue weighted by molar-refractivity contribution is 6.00. The molecule has 0 saturated heterocycles. The molecule has 4 nitrogen and oxygen atoms in total. The van der Waals surface area contributed by atoms with Gasteiger partial charge in [0, 0.05) is 6.07 Å². The lowest BCUT2D eigenvalue weighted by molar-refractivity contribution is 0.0617. The molecule has 0 aliphatic carbocycles. The number of hydrogen-bond acceptors (Lipinski definition) is 4. The zero-order chi connectivity index (χ0) is 12.5. The van der Waals surface area contributed by atoms with E-state index in [1.807, 2.05) is 13.8 Å². The number of hydrogen-bond donors (Lipinski definition) is 1. The van der Waals surface area contributed by atoms with Crippen LogP contribution in [0.25, 0.3) is 0 Å². The first-order valence-corrected chi connectivity index (χ1v) is 5.62. The van der Waals surface area contributed by atoms with E-state index in [-0.39, 0.29) is 19.0 Å². The van der Waals surface area contributed by atoms with Crippen molar-refractivity contribution in [1.29, 1.82) is 0 Å². The van der Waals surface area contributed by atoms with Gasteiger partial charge in [-0.05, 0) is 26.0 Å².